The number of hydrogen-bond acceptors (Lipinski definition) is 3. The van der Waals surface area contributed by atoms with Crippen LogP contribution in [0.25, 0.3) is 17.3 Å². The lowest BCUT2D eigenvalue weighted by Crippen LogP contribution is -2.09. The topological polar surface area (TPSA) is 59.8 Å². The van der Waals surface area contributed by atoms with Crippen molar-refractivity contribution in [3.63, 3.8) is 0 Å². The summed E-state index contributed by atoms with van der Waals surface area (Å²) in [5.41, 5.74) is 4.47. The third-order valence-electron chi connectivity index (χ3n) is 4.71. The van der Waals surface area contributed by atoms with E-state index in [0.29, 0.717) is 6.54 Å². The first-order valence-electron chi connectivity index (χ1n) is 9.85. The highest BCUT2D eigenvalue weighted by atomic mass is 19.1. The molecule has 0 fully saturated rings. The predicted octanol–water partition coefficient (Wildman–Crippen LogP) is 5.09. The number of hydrogen-bond donors (Lipinski definition) is 1. The van der Waals surface area contributed by atoms with Gasteiger partial charge in [0.15, 0.2) is 0 Å². The number of aryl methyl sites for hydroxylation is 1. The van der Waals surface area contributed by atoms with E-state index in [9.17, 15) is 9.18 Å². The summed E-state index contributed by atoms with van der Waals surface area (Å²) in [6, 6.07) is 18.3. The third kappa shape index (κ3) is 5.11. The molecular weight excluding hydrogens is 391 g/mol. The number of aromatic nitrogens is 3. The fourth-order valence-corrected chi connectivity index (χ4v) is 3.21. The molecule has 154 valence electrons. The van der Waals surface area contributed by atoms with Crippen LogP contribution in [0.4, 0.5) is 10.1 Å². The van der Waals surface area contributed by atoms with Gasteiger partial charge in [-0.3, -0.25) is 14.5 Å². The Morgan fingerprint density at radius 1 is 1.13 bits per heavy atom. The quantitative estimate of drug-likeness (QED) is 0.449. The molecule has 6 heteroatoms. The van der Waals surface area contributed by atoms with Gasteiger partial charge in [0.05, 0.1) is 12.2 Å². The molecule has 4 aromatic rings. The lowest BCUT2D eigenvalue weighted by atomic mass is 10.1. The van der Waals surface area contributed by atoms with Gasteiger partial charge in [-0.1, -0.05) is 36.4 Å². The van der Waals surface area contributed by atoms with Crippen LogP contribution in [0.1, 0.15) is 16.7 Å². The second-order valence-corrected chi connectivity index (χ2v) is 7.16. The Morgan fingerprint density at radius 2 is 1.97 bits per heavy atom. The molecule has 0 aliphatic rings. The number of carbonyl (C=O) groups is 1. The van der Waals surface area contributed by atoms with Gasteiger partial charge in [-0.25, -0.2) is 4.39 Å². The van der Waals surface area contributed by atoms with E-state index in [2.05, 4.69) is 10.3 Å². The Morgan fingerprint density at radius 3 is 2.74 bits per heavy atom. The van der Waals surface area contributed by atoms with Crippen LogP contribution in [0.15, 0.2) is 85.3 Å². The van der Waals surface area contributed by atoms with Gasteiger partial charge in [0.1, 0.15) is 11.5 Å². The molecule has 0 saturated carbocycles. The van der Waals surface area contributed by atoms with E-state index in [-0.39, 0.29) is 5.69 Å². The Labute approximate surface area is 179 Å². The summed E-state index contributed by atoms with van der Waals surface area (Å²) in [6.45, 7) is 2.44. The van der Waals surface area contributed by atoms with Gasteiger partial charge in [-0.2, -0.15) is 5.10 Å². The second kappa shape index (κ2) is 9.17. The minimum Gasteiger partial charge on any atom is -0.320 e. The Balaban J connectivity index is 1.60. The number of nitrogens with zero attached hydrogens (tertiary/aromatic N) is 3. The standard InChI is InChI=1S/C25H21FN4O/c1-18-9-11-22(26)23(14-18)28-24(31)12-10-21-17-30(16-19-6-3-2-4-7-19)29-25(21)20-8-5-13-27-15-20/h2-15,17H,16H2,1H3,(H,28,31)/b12-10+. The maximum Gasteiger partial charge on any atom is 0.248 e. The first-order chi connectivity index (χ1) is 15.1. The van der Waals surface area contributed by atoms with Gasteiger partial charge in [-0.15, -0.1) is 0 Å². The molecule has 1 N–H and O–H groups in total. The van der Waals surface area contributed by atoms with Gasteiger partial charge < -0.3 is 5.32 Å². The molecule has 0 atom stereocenters. The number of pyridine rings is 1. The van der Waals surface area contributed by atoms with Crippen LogP contribution in [0.3, 0.4) is 0 Å². The lowest BCUT2D eigenvalue weighted by molar-refractivity contribution is -0.111. The zero-order valence-corrected chi connectivity index (χ0v) is 17.0. The summed E-state index contributed by atoms with van der Waals surface area (Å²) in [5, 5.41) is 7.28. The molecule has 0 saturated heterocycles. The van der Waals surface area contributed by atoms with E-state index in [1.165, 1.54) is 12.1 Å². The average Bonchev–Trinajstić information content (AvgIpc) is 3.19. The van der Waals surface area contributed by atoms with Crippen molar-refractivity contribution in [1.29, 1.82) is 0 Å². The van der Waals surface area contributed by atoms with Crippen molar-refractivity contribution in [2.24, 2.45) is 0 Å². The van der Waals surface area contributed by atoms with Crippen LogP contribution in [0, 0.1) is 12.7 Å². The average molecular weight is 412 g/mol. The van der Waals surface area contributed by atoms with Crippen LogP contribution >= 0.6 is 0 Å². The molecule has 0 bridgehead atoms. The zero-order chi connectivity index (χ0) is 21.6. The molecule has 0 aliphatic carbocycles. The molecule has 4 rings (SSSR count). The maximum absolute atomic E-state index is 13.9. The zero-order valence-electron chi connectivity index (χ0n) is 17.0. The van der Waals surface area contributed by atoms with Gasteiger partial charge >= 0.3 is 0 Å². The second-order valence-electron chi connectivity index (χ2n) is 7.16. The van der Waals surface area contributed by atoms with Crippen molar-refractivity contribution < 1.29 is 9.18 Å². The number of carbonyl (C=O) groups excluding carboxylic acids is 1. The summed E-state index contributed by atoms with van der Waals surface area (Å²) in [7, 11) is 0. The highest BCUT2D eigenvalue weighted by Crippen LogP contribution is 2.23. The molecule has 0 radical (unpaired) electrons. The number of halogens is 1. The van der Waals surface area contributed by atoms with Gasteiger partial charge in [0, 0.05) is 35.8 Å². The number of nitrogens with one attached hydrogen (secondary N) is 1. The van der Waals surface area contributed by atoms with E-state index >= 15 is 0 Å². The fraction of sp³-hybridized carbons (Fsp3) is 0.0800. The largest absolute Gasteiger partial charge is 0.320 e. The summed E-state index contributed by atoms with van der Waals surface area (Å²) in [5.74, 6) is -0.892. The molecular formula is C25H21FN4O. The monoisotopic (exact) mass is 412 g/mol. The van der Waals surface area contributed by atoms with Crippen LogP contribution in [-0.2, 0) is 11.3 Å². The summed E-state index contributed by atoms with van der Waals surface area (Å²) >= 11 is 0. The van der Waals surface area contributed by atoms with E-state index in [1.54, 1.807) is 30.6 Å². The molecule has 1 amide bonds. The SMILES string of the molecule is Cc1ccc(F)c(NC(=O)/C=C/c2cn(Cc3ccccc3)nc2-c2cccnc2)c1. The molecule has 2 heterocycles. The van der Waals surface area contributed by atoms with Crippen molar-refractivity contribution in [1.82, 2.24) is 14.8 Å². The van der Waals surface area contributed by atoms with E-state index in [1.807, 2.05) is 60.3 Å². The Kier molecular flexibility index (Phi) is 5.98. The summed E-state index contributed by atoms with van der Waals surface area (Å²) in [4.78, 5) is 16.6. The molecule has 2 aromatic heterocycles. The molecule has 0 unspecified atom stereocenters. The van der Waals surface area contributed by atoms with Crippen LogP contribution in [0.2, 0.25) is 0 Å². The third-order valence-corrected chi connectivity index (χ3v) is 4.71. The highest BCUT2D eigenvalue weighted by Gasteiger charge is 2.11. The van der Waals surface area contributed by atoms with Gasteiger partial charge in [-0.05, 0) is 48.4 Å². The van der Waals surface area contributed by atoms with Crippen molar-refractivity contribution in [3.05, 3.63) is 108 Å². The van der Waals surface area contributed by atoms with Crippen LogP contribution < -0.4 is 5.32 Å². The van der Waals surface area contributed by atoms with E-state index in [4.69, 9.17) is 5.10 Å². The molecule has 0 spiro atoms. The van der Waals surface area contributed by atoms with Gasteiger partial charge in [0.2, 0.25) is 5.91 Å². The maximum atomic E-state index is 13.9. The normalized spacial score (nSPS) is 11.0. The van der Waals surface area contributed by atoms with Crippen LogP contribution in [0.5, 0.6) is 0 Å². The first-order valence-corrected chi connectivity index (χ1v) is 9.85. The van der Waals surface area contributed by atoms with E-state index < -0.39 is 11.7 Å². The minimum atomic E-state index is -0.473. The Hall–Kier alpha value is -4.06. The highest BCUT2D eigenvalue weighted by molar-refractivity contribution is 6.02. The molecule has 2 aromatic carbocycles. The number of benzene rings is 2. The van der Waals surface area contributed by atoms with E-state index in [0.717, 1.165) is 27.9 Å². The van der Waals surface area contributed by atoms with Crippen molar-refractivity contribution in [2.45, 2.75) is 13.5 Å². The number of rotatable bonds is 6. The summed E-state index contributed by atoms with van der Waals surface area (Å²) in [6.07, 6.45) is 8.37. The van der Waals surface area contributed by atoms with Crippen molar-refractivity contribution >= 4 is 17.7 Å². The smallest absolute Gasteiger partial charge is 0.248 e. The van der Waals surface area contributed by atoms with Crippen LogP contribution in [-0.4, -0.2) is 20.7 Å². The minimum absolute atomic E-state index is 0.155. The summed E-state index contributed by atoms with van der Waals surface area (Å²) < 4.78 is 15.8. The predicted molar refractivity (Wildman–Crippen MR) is 120 cm³/mol. The molecule has 5 nitrogen and oxygen atoms in total. The number of anilines is 1. The fourth-order valence-electron chi connectivity index (χ4n) is 3.21. The molecule has 0 aliphatic heterocycles. The Bertz CT molecular complexity index is 1220. The van der Waals surface area contributed by atoms with Crippen molar-refractivity contribution in [3.8, 4) is 11.3 Å². The molecule has 31 heavy (non-hydrogen) atoms. The van der Waals surface area contributed by atoms with Gasteiger partial charge in [0.25, 0.3) is 0 Å². The first kappa shape index (κ1) is 20.2. The van der Waals surface area contributed by atoms with Crippen molar-refractivity contribution in [2.75, 3.05) is 5.32 Å². The lowest BCUT2D eigenvalue weighted by Gasteiger charge is -2.04. The number of amides is 1.